The van der Waals surface area contributed by atoms with Crippen LogP contribution in [0.5, 0.6) is 0 Å². The van der Waals surface area contributed by atoms with Gasteiger partial charge in [-0.05, 0) is 66.6 Å². The molecule has 3 heterocycles. The van der Waals surface area contributed by atoms with Gasteiger partial charge in [-0.25, -0.2) is 0 Å². The summed E-state index contributed by atoms with van der Waals surface area (Å²) in [5, 5.41) is 3.05. The third-order valence-corrected chi connectivity index (χ3v) is 6.36. The molecule has 4 rings (SSSR count). The third kappa shape index (κ3) is 5.28. The van der Waals surface area contributed by atoms with Crippen molar-refractivity contribution in [1.82, 2.24) is 20.2 Å². The van der Waals surface area contributed by atoms with E-state index in [0.717, 1.165) is 35.1 Å². The van der Waals surface area contributed by atoms with Gasteiger partial charge in [0.05, 0.1) is 11.8 Å². The van der Waals surface area contributed by atoms with Crippen molar-refractivity contribution in [1.29, 1.82) is 0 Å². The number of nitrogens with zero attached hydrogens (tertiary/aromatic N) is 3. The van der Waals surface area contributed by atoms with Gasteiger partial charge in [0.25, 0.3) is 0 Å². The number of carbonyl (C=O) groups is 2. The van der Waals surface area contributed by atoms with E-state index >= 15 is 0 Å². The van der Waals surface area contributed by atoms with E-state index in [4.69, 9.17) is 0 Å². The van der Waals surface area contributed by atoms with E-state index in [9.17, 15) is 9.59 Å². The predicted molar refractivity (Wildman–Crippen MR) is 128 cm³/mol. The number of nitrogens with one attached hydrogen (secondary N) is 1. The summed E-state index contributed by atoms with van der Waals surface area (Å²) < 4.78 is 0. The number of benzene rings is 1. The van der Waals surface area contributed by atoms with E-state index in [0.29, 0.717) is 32.5 Å². The Hall–Kier alpha value is -3.54. The highest BCUT2D eigenvalue weighted by atomic mass is 16.2. The maximum Gasteiger partial charge on any atom is 0.228 e. The molecule has 0 spiro atoms. The molecule has 1 saturated heterocycles. The Labute approximate surface area is 195 Å². The smallest absolute Gasteiger partial charge is 0.228 e. The molecule has 0 saturated carbocycles. The van der Waals surface area contributed by atoms with Crippen LogP contribution in [-0.4, -0.2) is 46.3 Å². The second-order valence-electron chi connectivity index (χ2n) is 8.67. The van der Waals surface area contributed by atoms with Crippen molar-refractivity contribution in [3.63, 3.8) is 0 Å². The first kappa shape index (κ1) is 22.6. The van der Waals surface area contributed by atoms with Crippen LogP contribution in [0.2, 0.25) is 0 Å². The molecule has 1 aliphatic heterocycles. The number of hydrogen-bond acceptors (Lipinski definition) is 4. The first-order valence-corrected chi connectivity index (χ1v) is 11.5. The molecule has 0 bridgehead atoms. The van der Waals surface area contributed by atoms with Crippen LogP contribution >= 0.6 is 0 Å². The normalized spacial score (nSPS) is 18.0. The molecule has 1 atom stereocenters. The van der Waals surface area contributed by atoms with Crippen LogP contribution in [0.4, 0.5) is 0 Å². The van der Waals surface area contributed by atoms with Gasteiger partial charge in [-0.15, -0.1) is 0 Å². The van der Waals surface area contributed by atoms with Gasteiger partial charge in [-0.2, -0.15) is 0 Å². The number of likely N-dealkylation sites (tertiary alicyclic amines) is 1. The maximum absolute atomic E-state index is 13.4. The standard InChI is InChI=1S/C27H30N4O2/c1-2-30-26(33)27(18-23-8-3-4-9-24(23)22-10-14-28-15-11-22)12-6-16-31(20-27)25(32)17-21-7-5-13-29-19-21/h3-5,7-11,13-15,19H,2,6,12,16-18,20H2,1H3,(H,30,33). The Morgan fingerprint density at radius 1 is 1.03 bits per heavy atom. The molecular weight excluding hydrogens is 412 g/mol. The summed E-state index contributed by atoms with van der Waals surface area (Å²) in [7, 11) is 0. The SMILES string of the molecule is CCNC(=O)C1(Cc2ccccc2-c2ccncc2)CCCN(C(=O)Cc2cccnc2)C1. The minimum atomic E-state index is -0.665. The Morgan fingerprint density at radius 3 is 2.61 bits per heavy atom. The number of pyridine rings is 2. The highest BCUT2D eigenvalue weighted by Gasteiger charge is 2.43. The molecule has 2 amide bonds. The molecule has 1 aromatic carbocycles. The first-order valence-electron chi connectivity index (χ1n) is 11.5. The van der Waals surface area contributed by atoms with Gasteiger partial charge in [0.15, 0.2) is 0 Å². The van der Waals surface area contributed by atoms with E-state index in [1.807, 2.05) is 48.2 Å². The monoisotopic (exact) mass is 442 g/mol. The molecule has 0 radical (unpaired) electrons. The van der Waals surface area contributed by atoms with Gasteiger partial charge in [-0.3, -0.25) is 19.6 Å². The Bertz CT molecular complexity index is 1090. The minimum Gasteiger partial charge on any atom is -0.356 e. The molecule has 33 heavy (non-hydrogen) atoms. The summed E-state index contributed by atoms with van der Waals surface area (Å²) >= 11 is 0. The van der Waals surface area contributed by atoms with E-state index in [1.165, 1.54) is 0 Å². The van der Waals surface area contributed by atoms with Crippen molar-refractivity contribution in [2.75, 3.05) is 19.6 Å². The molecule has 0 aliphatic carbocycles. The van der Waals surface area contributed by atoms with E-state index in [1.54, 1.807) is 24.8 Å². The second kappa shape index (κ2) is 10.4. The van der Waals surface area contributed by atoms with Gasteiger partial charge in [0.1, 0.15) is 0 Å². The molecule has 1 N–H and O–H groups in total. The minimum absolute atomic E-state index is 0.0217. The molecule has 2 aromatic heterocycles. The van der Waals surface area contributed by atoms with Crippen LogP contribution in [0.15, 0.2) is 73.3 Å². The number of hydrogen-bond donors (Lipinski definition) is 1. The van der Waals surface area contributed by atoms with Crippen LogP contribution in [0.1, 0.15) is 30.9 Å². The van der Waals surface area contributed by atoms with Gasteiger partial charge in [-0.1, -0.05) is 30.3 Å². The lowest BCUT2D eigenvalue weighted by atomic mass is 9.73. The number of piperidine rings is 1. The molecule has 6 heteroatoms. The fourth-order valence-electron chi connectivity index (χ4n) is 4.74. The topological polar surface area (TPSA) is 75.2 Å². The molecule has 6 nitrogen and oxygen atoms in total. The van der Waals surface area contributed by atoms with E-state index in [-0.39, 0.29) is 11.8 Å². The third-order valence-electron chi connectivity index (χ3n) is 6.36. The average molecular weight is 443 g/mol. The molecule has 170 valence electrons. The summed E-state index contributed by atoms with van der Waals surface area (Å²) in [5.41, 5.74) is 3.51. The van der Waals surface area contributed by atoms with Gasteiger partial charge < -0.3 is 10.2 Å². The Kier molecular flexibility index (Phi) is 7.13. The zero-order chi connectivity index (χ0) is 23.1. The summed E-state index contributed by atoms with van der Waals surface area (Å²) in [5.74, 6) is 0.0622. The van der Waals surface area contributed by atoms with Gasteiger partial charge >= 0.3 is 0 Å². The highest BCUT2D eigenvalue weighted by Crippen LogP contribution is 2.37. The van der Waals surface area contributed by atoms with Crippen LogP contribution in [-0.2, 0) is 22.4 Å². The summed E-state index contributed by atoms with van der Waals surface area (Å²) in [6, 6.07) is 15.9. The second-order valence-corrected chi connectivity index (χ2v) is 8.67. The van der Waals surface area contributed by atoms with Crippen molar-refractivity contribution >= 4 is 11.8 Å². The molecule has 1 aliphatic rings. The summed E-state index contributed by atoms with van der Waals surface area (Å²) in [6.45, 7) is 3.59. The fraction of sp³-hybridized carbons (Fsp3) is 0.333. The predicted octanol–water partition coefficient (Wildman–Crippen LogP) is 3.67. The van der Waals surface area contributed by atoms with Crippen LogP contribution in [0, 0.1) is 5.41 Å². The number of aromatic nitrogens is 2. The molecule has 3 aromatic rings. The first-order chi connectivity index (χ1) is 16.1. The van der Waals surface area contributed by atoms with Crippen LogP contribution in [0.25, 0.3) is 11.1 Å². The van der Waals surface area contributed by atoms with Crippen molar-refractivity contribution in [2.24, 2.45) is 5.41 Å². The number of amides is 2. The molecule has 1 unspecified atom stereocenters. The van der Waals surface area contributed by atoms with E-state index in [2.05, 4.69) is 27.4 Å². The van der Waals surface area contributed by atoms with Gasteiger partial charge in [0.2, 0.25) is 11.8 Å². The zero-order valence-corrected chi connectivity index (χ0v) is 19.0. The number of rotatable bonds is 7. The van der Waals surface area contributed by atoms with Crippen LogP contribution in [0.3, 0.4) is 0 Å². The van der Waals surface area contributed by atoms with Crippen molar-refractivity contribution in [2.45, 2.75) is 32.6 Å². The summed E-state index contributed by atoms with van der Waals surface area (Å²) in [6.07, 6.45) is 9.42. The molecular formula is C27H30N4O2. The Morgan fingerprint density at radius 2 is 1.85 bits per heavy atom. The lowest BCUT2D eigenvalue weighted by Crippen LogP contribution is -2.54. The van der Waals surface area contributed by atoms with Gasteiger partial charge in [0, 0.05) is 44.4 Å². The molecule has 1 fully saturated rings. The van der Waals surface area contributed by atoms with Crippen molar-refractivity contribution in [3.05, 3.63) is 84.4 Å². The zero-order valence-electron chi connectivity index (χ0n) is 19.0. The largest absolute Gasteiger partial charge is 0.356 e. The number of carbonyl (C=O) groups excluding carboxylic acids is 2. The lowest BCUT2D eigenvalue weighted by Gasteiger charge is -2.42. The lowest BCUT2D eigenvalue weighted by molar-refractivity contribution is -0.141. The van der Waals surface area contributed by atoms with Crippen molar-refractivity contribution < 1.29 is 9.59 Å². The Balaban J connectivity index is 1.62. The maximum atomic E-state index is 13.4. The highest BCUT2D eigenvalue weighted by molar-refractivity contribution is 5.86. The fourth-order valence-corrected chi connectivity index (χ4v) is 4.74. The van der Waals surface area contributed by atoms with E-state index < -0.39 is 5.41 Å². The summed E-state index contributed by atoms with van der Waals surface area (Å²) in [4.78, 5) is 36.7. The quantitative estimate of drug-likeness (QED) is 0.606. The van der Waals surface area contributed by atoms with Crippen LogP contribution < -0.4 is 5.32 Å². The average Bonchev–Trinajstić information content (AvgIpc) is 2.86. The van der Waals surface area contributed by atoms with Crippen molar-refractivity contribution in [3.8, 4) is 11.1 Å².